The first-order valence-electron chi connectivity index (χ1n) is 6.53. The van der Waals surface area contributed by atoms with E-state index in [1.807, 2.05) is 6.07 Å². The molecule has 0 spiro atoms. The molecule has 0 aliphatic rings. The second kappa shape index (κ2) is 7.13. The highest BCUT2D eigenvalue weighted by Crippen LogP contribution is 2.14. The number of hydrogen-bond donors (Lipinski definition) is 2. The lowest BCUT2D eigenvalue weighted by atomic mass is 10.2. The average Bonchev–Trinajstić information content (AvgIpc) is 2.51. The number of nitrogens with one attached hydrogen (secondary N) is 2. The molecule has 0 saturated carbocycles. The van der Waals surface area contributed by atoms with Crippen LogP contribution < -0.4 is 10.6 Å². The molecule has 0 aliphatic carbocycles. The van der Waals surface area contributed by atoms with E-state index in [1.165, 1.54) is 30.3 Å². The number of benzene rings is 2. The summed E-state index contributed by atoms with van der Waals surface area (Å²) in [7, 11) is 0. The molecule has 116 valence electrons. The van der Waals surface area contributed by atoms with E-state index in [0.29, 0.717) is 11.3 Å². The van der Waals surface area contributed by atoms with Gasteiger partial charge in [-0.1, -0.05) is 0 Å². The Morgan fingerprint density at radius 2 is 1.48 bits per heavy atom. The third-order valence-corrected chi connectivity index (χ3v) is 2.82. The van der Waals surface area contributed by atoms with Gasteiger partial charge in [0.15, 0.2) is 11.6 Å². The van der Waals surface area contributed by atoms with Crippen molar-refractivity contribution < 1.29 is 18.4 Å². The predicted octanol–water partition coefficient (Wildman–Crippen LogP) is 2.80. The minimum atomic E-state index is -1.09. The van der Waals surface area contributed by atoms with Crippen molar-refractivity contribution in [2.75, 3.05) is 10.6 Å². The molecule has 2 aromatic rings. The summed E-state index contributed by atoms with van der Waals surface area (Å²) in [6, 6.07) is 10.9. The van der Waals surface area contributed by atoms with Gasteiger partial charge in [-0.05, 0) is 36.4 Å². The summed E-state index contributed by atoms with van der Waals surface area (Å²) in [5, 5.41) is 13.4. The fourth-order valence-corrected chi connectivity index (χ4v) is 1.76. The summed E-state index contributed by atoms with van der Waals surface area (Å²) in [5.74, 6) is -3.36. The molecule has 2 N–H and O–H groups in total. The Kier molecular flexibility index (Phi) is 5.00. The number of anilines is 2. The fourth-order valence-electron chi connectivity index (χ4n) is 1.76. The average molecular weight is 315 g/mol. The molecule has 0 aliphatic heterocycles. The van der Waals surface area contributed by atoms with E-state index in [0.717, 1.165) is 12.1 Å². The summed E-state index contributed by atoms with van der Waals surface area (Å²) in [5.41, 5.74) is 0.939. The Hall–Kier alpha value is -3.27. The molecule has 0 radical (unpaired) electrons. The van der Waals surface area contributed by atoms with Gasteiger partial charge in [0.05, 0.1) is 11.6 Å². The topological polar surface area (TPSA) is 82.0 Å². The minimum absolute atomic E-state index is 0.0556. The van der Waals surface area contributed by atoms with Gasteiger partial charge in [0.2, 0.25) is 11.8 Å². The summed E-state index contributed by atoms with van der Waals surface area (Å²) in [4.78, 5) is 23.4. The Balaban J connectivity index is 1.90. The first kappa shape index (κ1) is 16.1. The summed E-state index contributed by atoms with van der Waals surface area (Å²) in [6.07, 6.45) is -0.487. The monoisotopic (exact) mass is 315 g/mol. The lowest BCUT2D eigenvalue weighted by molar-refractivity contribution is -0.123. The molecule has 0 saturated heterocycles. The van der Waals surface area contributed by atoms with Crippen molar-refractivity contribution in [3.05, 3.63) is 59.7 Å². The van der Waals surface area contributed by atoms with Crippen molar-refractivity contribution >= 4 is 23.2 Å². The van der Waals surface area contributed by atoms with Crippen molar-refractivity contribution in [1.82, 2.24) is 0 Å². The molecule has 2 rings (SSSR count). The van der Waals surface area contributed by atoms with E-state index in [9.17, 15) is 18.4 Å². The number of rotatable bonds is 4. The Morgan fingerprint density at radius 3 is 2.04 bits per heavy atom. The molecule has 0 fully saturated rings. The summed E-state index contributed by atoms with van der Waals surface area (Å²) < 4.78 is 25.8. The highest BCUT2D eigenvalue weighted by atomic mass is 19.2. The van der Waals surface area contributed by atoms with Crippen LogP contribution in [0.5, 0.6) is 0 Å². The van der Waals surface area contributed by atoms with Crippen molar-refractivity contribution in [3.63, 3.8) is 0 Å². The first-order chi connectivity index (χ1) is 11.0. The third kappa shape index (κ3) is 4.61. The van der Waals surface area contributed by atoms with Gasteiger partial charge in [-0.25, -0.2) is 8.78 Å². The van der Waals surface area contributed by atoms with Crippen LogP contribution in [0.3, 0.4) is 0 Å². The van der Waals surface area contributed by atoms with Crippen LogP contribution in [0, 0.1) is 23.0 Å². The van der Waals surface area contributed by atoms with Crippen LogP contribution >= 0.6 is 0 Å². The number of carbonyl (C=O) groups is 2. The van der Waals surface area contributed by atoms with Gasteiger partial charge in [0.25, 0.3) is 0 Å². The van der Waals surface area contributed by atoms with Crippen LogP contribution in [-0.4, -0.2) is 11.8 Å². The molecule has 0 aromatic heterocycles. The van der Waals surface area contributed by atoms with Crippen molar-refractivity contribution in [2.45, 2.75) is 6.42 Å². The highest BCUT2D eigenvalue weighted by Gasteiger charge is 2.11. The molecule has 23 heavy (non-hydrogen) atoms. The predicted molar refractivity (Wildman–Crippen MR) is 79.4 cm³/mol. The Bertz CT molecular complexity index is 783. The lowest BCUT2D eigenvalue weighted by Gasteiger charge is -2.07. The molecule has 0 unspecified atom stereocenters. The van der Waals surface area contributed by atoms with E-state index < -0.39 is 29.9 Å². The molecule has 0 bridgehead atoms. The van der Waals surface area contributed by atoms with Crippen molar-refractivity contribution in [1.29, 1.82) is 5.26 Å². The smallest absolute Gasteiger partial charge is 0.233 e. The van der Waals surface area contributed by atoms with Crippen LogP contribution in [-0.2, 0) is 9.59 Å². The largest absolute Gasteiger partial charge is 0.326 e. The quantitative estimate of drug-likeness (QED) is 0.851. The number of nitrogens with zero attached hydrogens (tertiary/aromatic N) is 1. The number of nitriles is 1. The number of hydrogen-bond acceptors (Lipinski definition) is 3. The standard InChI is InChI=1S/C16H11F2N3O2/c17-13-6-5-12(7-14(13)18)21-16(23)8-15(22)20-11-3-1-10(9-19)2-4-11/h1-7H,8H2,(H,20,22)(H,21,23). The highest BCUT2D eigenvalue weighted by molar-refractivity contribution is 6.08. The molecular weight excluding hydrogens is 304 g/mol. The molecule has 2 amide bonds. The lowest BCUT2D eigenvalue weighted by Crippen LogP contribution is -2.21. The fraction of sp³-hybridized carbons (Fsp3) is 0.0625. The van der Waals surface area contributed by atoms with Crippen LogP contribution in [0.25, 0.3) is 0 Å². The van der Waals surface area contributed by atoms with Gasteiger partial charge in [0, 0.05) is 17.4 Å². The van der Waals surface area contributed by atoms with E-state index in [1.54, 1.807) is 0 Å². The Morgan fingerprint density at radius 1 is 0.913 bits per heavy atom. The normalized spacial score (nSPS) is 9.78. The maximum absolute atomic E-state index is 13.0. The Labute approximate surface area is 130 Å². The van der Waals surface area contributed by atoms with Crippen molar-refractivity contribution in [2.24, 2.45) is 0 Å². The first-order valence-corrected chi connectivity index (χ1v) is 6.53. The van der Waals surface area contributed by atoms with Gasteiger partial charge in [-0.15, -0.1) is 0 Å². The number of halogens is 2. The zero-order valence-corrected chi connectivity index (χ0v) is 11.8. The number of carbonyl (C=O) groups excluding carboxylic acids is 2. The van der Waals surface area contributed by atoms with E-state index in [4.69, 9.17) is 5.26 Å². The molecule has 0 heterocycles. The minimum Gasteiger partial charge on any atom is -0.326 e. The second-order valence-electron chi connectivity index (χ2n) is 4.59. The van der Waals surface area contributed by atoms with Gasteiger partial charge in [-0.2, -0.15) is 5.26 Å². The van der Waals surface area contributed by atoms with E-state index >= 15 is 0 Å². The zero-order chi connectivity index (χ0) is 16.8. The van der Waals surface area contributed by atoms with Gasteiger partial charge in [0.1, 0.15) is 6.42 Å². The van der Waals surface area contributed by atoms with Gasteiger partial charge < -0.3 is 10.6 Å². The second-order valence-corrected chi connectivity index (χ2v) is 4.59. The van der Waals surface area contributed by atoms with Gasteiger partial charge >= 0.3 is 0 Å². The van der Waals surface area contributed by atoms with E-state index in [2.05, 4.69) is 10.6 Å². The maximum Gasteiger partial charge on any atom is 0.233 e. The molecule has 7 heteroatoms. The molecular formula is C16H11F2N3O2. The maximum atomic E-state index is 13.0. The molecule has 2 aromatic carbocycles. The van der Waals surface area contributed by atoms with Gasteiger partial charge in [-0.3, -0.25) is 9.59 Å². The van der Waals surface area contributed by atoms with E-state index in [-0.39, 0.29) is 5.69 Å². The van der Waals surface area contributed by atoms with Crippen LogP contribution in [0.2, 0.25) is 0 Å². The number of amides is 2. The van der Waals surface area contributed by atoms with Crippen molar-refractivity contribution in [3.8, 4) is 6.07 Å². The molecule has 0 atom stereocenters. The third-order valence-electron chi connectivity index (χ3n) is 2.82. The van der Waals surface area contributed by atoms with Crippen LogP contribution in [0.4, 0.5) is 20.2 Å². The van der Waals surface area contributed by atoms with Crippen LogP contribution in [0.1, 0.15) is 12.0 Å². The summed E-state index contributed by atoms with van der Waals surface area (Å²) >= 11 is 0. The molecule has 5 nitrogen and oxygen atoms in total. The van der Waals surface area contributed by atoms with Crippen LogP contribution in [0.15, 0.2) is 42.5 Å². The summed E-state index contributed by atoms with van der Waals surface area (Å²) in [6.45, 7) is 0. The SMILES string of the molecule is N#Cc1ccc(NC(=O)CC(=O)Nc2ccc(F)c(F)c2)cc1. The zero-order valence-electron chi connectivity index (χ0n) is 11.8.